The van der Waals surface area contributed by atoms with Crippen LogP contribution in [0.2, 0.25) is 0 Å². The zero-order valence-corrected chi connectivity index (χ0v) is 18.1. The van der Waals surface area contributed by atoms with Crippen molar-refractivity contribution in [3.63, 3.8) is 0 Å². The maximum atomic E-state index is 13.5. The first-order chi connectivity index (χ1) is 14.8. The number of anilines is 1. The number of carbonyl (C=O) groups excluding carboxylic acids is 1. The van der Waals surface area contributed by atoms with Gasteiger partial charge in [0.05, 0.1) is 46.0 Å². The van der Waals surface area contributed by atoms with Gasteiger partial charge in [0, 0.05) is 11.6 Å². The van der Waals surface area contributed by atoms with Gasteiger partial charge in [-0.2, -0.15) is 5.10 Å². The Kier molecular flexibility index (Phi) is 4.39. The summed E-state index contributed by atoms with van der Waals surface area (Å²) in [5.74, 6) is 0.237. The number of fused-ring (bicyclic) bond motifs is 1. The van der Waals surface area contributed by atoms with Crippen LogP contribution in [0.5, 0.6) is 0 Å². The van der Waals surface area contributed by atoms with Gasteiger partial charge in [-0.1, -0.05) is 17.3 Å². The van der Waals surface area contributed by atoms with Crippen LogP contribution in [-0.2, 0) is 5.54 Å². The summed E-state index contributed by atoms with van der Waals surface area (Å²) in [4.78, 5) is 18.5. The molecule has 0 spiro atoms. The normalized spacial score (nSPS) is 14.2. The molecule has 1 N–H and O–H groups in total. The van der Waals surface area contributed by atoms with Gasteiger partial charge in [0.2, 0.25) is 0 Å². The molecule has 1 aromatic carbocycles. The van der Waals surface area contributed by atoms with Crippen molar-refractivity contribution in [1.82, 2.24) is 29.8 Å². The van der Waals surface area contributed by atoms with E-state index in [1.54, 1.807) is 17.1 Å². The molecule has 0 atom stereocenters. The Hall–Kier alpha value is -3.55. The minimum absolute atomic E-state index is 0.182. The Morgan fingerprint density at radius 1 is 1.19 bits per heavy atom. The van der Waals surface area contributed by atoms with Crippen molar-refractivity contribution in [1.29, 1.82) is 0 Å². The van der Waals surface area contributed by atoms with Crippen molar-refractivity contribution in [2.45, 2.75) is 52.0 Å². The van der Waals surface area contributed by atoms with Gasteiger partial charge in [-0.05, 0) is 58.7 Å². The van der Waals surface area contributed by atoms with Crippen molar-refractivity contribution in [3.8, 4) is 5.69 Å². The third-order valence-electron chi connectivity index (χ3n) is 5.53. The number of aromatic nitrogens is 6. The molecule has 5 rings (SSSR count). The number of hydrogen-bond donors (Lipinski definition) is 1. The number of nitrogens with one attached hydrogen (secondary N) is 1. The highest BCUT2D eigenvalue weighted by molar-refractivity contribution is 6.13. The zero-order chi connectivity index (χ0) is 21.8. The molecule has 1 saturated carbocycles. The summed E-state index contributed by atoms with van der Waals surface area (Å²) in [6.07, 6.45) is 5.57. The smallest absolute Gasteiger partial charge is 0.256 e. The number of para-hydroxylation sites is 2. The van der Waals surface area contributed by atoms with Gasteiger partial charge in [-0.25, -0.2) is 14.3 Å². The van der Waals surface area contributed by atoms with E-state index in [1.807, 2.05) is 41.9 Å². The van der Waals surface area contributed by atoms with Crippen LogP contribution in [-0.4, -0.2) is 35.7 Å². The third kappa shape index (κ3) is 3.48. The molecule has 0 unspecified atom stereocenters. The zero-order valence-electron chi connectivity index (χ0n) is 18.1. The van der Waals surface area contributed by atoms with E-state index in [0.29, 0.717) is 17.2 Å². The highest BCUT2D eigenvalue weighted by atomic mass is 16.1. The Morgan fingerprint density at radius 2 is 1.97 bits per heavy atom. The lowest BCUT2D eigenvalue weighted by Gasteiger charge is -2.20. The maximum Gasteiger partial charge on any atom is 0.256 e. The van der Waals surface area contributed by atoms with E-state index >= 15 is 0 Å². The Labute approximate surface area is 180 Å². The fourth-order valence-corrected chi connectivity index (χ4v) is 3.85. The van der Waals surface area contributed by atoms with Gasteiger partial charge in [0.25, 0.3) is 5.91 Å². The third-order valence-corrected chi connectivity index (χ3v) is 5.53. The van der Waals surface area contributed by atoms with E-state index < -0.39 is 0 Å². The molecule has 0 bridgehead atoms. The second kappa shape index (κ2) is 7.01. The molecule has 1 aliphatic carbocycles. The van der Waals surface area contributed by atoms with Crippen LogP contribution in [0.3, 0.4) is 0 Å². The van der Waals surface area contributed by atoms with Crippen LogP contribution in [0.1, 0.15) is 61.3 Å². The molecule has 1 aliphatic rings. The molecule has 0 saturated heterocycles. The average Bonchev–Trinajstić information content (AvgIpc) is 3.33. The second-order valence-corrected chi connectivity index (χ2v) is 9.05. The lowest BCUT2D eigenvalue weighted by atomic mass is 10.1. The lowest BCUT2D eigenvalue weighted by molar-refractivity contribution is 0.102. The molecule has 3 aromatic heterocycles. The van der Waals surface area contributed by atoms with Gasteiger partial charge >= 0.3 is 0 Å². The minimum Gasteiger partial charge on any atom is -0.320 e. The monoisotopic (exact) mass is 415 g/mol. The molecule has 31 heavy (non-hydrogen) atoms. The van der Waals surface area contributed by atoms with Gasteiger partial charge in [0.15, 0.2) is 5.65 Å². The number of carbonyl (C=O) groups is 1. The highest BCUT2D eigenvalue weighted by Crippen LogP contribution is 2.41. The largest absolute Gasteiger partial charge is 0.320 e. The number of rotatable bonds is 4. The lowest BCUT2D eigenvalue weighted by Crippen LogP contribution is -2.24. The van der Waals surface area contributed by atoms with Crippen molar-refractivity contribution in [2.24, 2.45) is 0 Å². The van der Waals surface area contributed by atoms with Crippen LogP contribution in [0.15, 0.2) is 42.7 Å². The van der Waals surface area contributed by atoms with Crippen LogP contribution in [0.4, 0.5) is 5.69 Å². The predicted octanol–water partition coefficient (Wildman–Crippen LogP) is 4.21. The van der Waals surface area contributed by atoms with E-state index in [-0.39, 0.29) is 11.4 Å². The molecule has 0 radical (unpaired) electrons. The quantitative estimate of drug-likeness (QED) is 0.539. The first kappa shape index (κ1) is 19.4. The van der Waals surface area contributed by atoms with Gasteiger partial charge < -0.3 is 5.32 Å². The van der Waals surface area contributed by atoms with E-state index in [2.05, 4.69) is 36.4 Å². The van der Waals surface area contributed by atoms with Crippen molar-refractivity contribution < 1.29 is 4.79 Å². The first-order valence-electron chi connectivity index (χ1n) is 10.5. The summed E-state index contributed by atoms with van der Waals surface area (Å²) >= 11 is 0. The number of pyridine rings is 1. The van der Waals surface area contributed by atoms with Gasteiger partial charge in [-0.15, -0.1) is 5.10 Å². The minimum atomic E-state index is -0.241. The predicted molar refractivity (Wildman–Crippen MR) is 119 cm³/mol. The summed E-state index contributed by atoms with van der Waals surface area (Å²) in [5.41, 5.74) is 4.31. The first-order valence-corrected chi connectivity index (χ1v) is 10.5. The summed E-state index contributed by atoms with van der Waals surface area (Å²) in [7, 11) is 0. The standard InChI is InChI=1S/C23H25N7O/c1-14-20-16(13-18(15-9-10-15)25-21(20)30(27-14)23(2,3)4)22(31)26-17-7-5-6-8-19(17)29-12-11-24-28-29/h5-8,11-13,15H,9-10H2,1-4H3,(H,26,31). The molecule has 8 nitrogen and oxygen atoms in total. The van der Waals surface area contributed by atoms with E-state index in [1.165, 1.54) is 0 Å². The number of benzene rings is 1. The van der Waals surface area contributed by atoms with Crippen LogP contribution >= 0.6 is 0 Å². The molecular weight excluding hydrogens is 390 g/mol. The molecule has 8 heteroatoms. The molecule has 3 heterocycles. The molecule has 0 aliphatic heterocycles. The number of amides is 1. The van der Waals surface area contributed by atoms with Crippen LogP contribution in [0.25, 0.3) is 16.7 Å². The summed E-state index contributed by atoms with van der Waals surface area (Å²) in [6, 6.07) is 9.48. The average molecular weight is 416 g/mol. The Morgan fingerprint density at radius 3 is 2.65 bits per heavy atom. The fraction of sp³-hybridized carbons (Fsp3) is 0.348. The van der Waals surface area contributed by atoms with E-state index in [4.69, 9.17) is 10.1 Å². The summed E-state index contributed by atoms with van der Waals surface area (Å²) in [6.45, 7) is 8.22. The van der Waals surface area contributed by atoms with E-state index in [0.717, 1.165) is 41.0 Å². The topological polar surface area (TPSA) is 90.5 Å². The van der Waals surface area contributed by atoms with Crippen molar-refractivity contribution in [3.05, 3.63) is 59.7 Å². The Balaban J connectivity index is 1.62. The van der Waals surface area contributed by atoms with E-state index in [9.17, 15) is 4.79 Å². The molecule has 158 valence electrons. The van der Waals surface area contributed by atoms with Crippen molar-refractivity contribution >= 4 is 22.6 Å². The van der Waals surface area contributed by atoms with Crippen molar-refractivity contribution in [2.75, 3.05) is 5.32 Å². The molecule has 1 fully saturated rings. The number of aryl methyl sites for hydroxylation is 1. The van der Waals surface area contributed by atoms with Gasteiger partial charge in [-0.3, -0.25) is 4.79 Å². The SMILES string of the molecule is Cc1nn(C(C)(C)C)c2nc(C3CC3)cc(C(=O)Nc3ccccc3-n3ccnn3)c12. The number of hydrogen-bond acceptors (Lipinski definition) is 5. The maximum absolute atomic E-state index is 13.5. The summed E-state index contributed by atoms with van der Waals surface area (Å²) in [5, 5.41) is 16.6. The van der Waals surface area contributed by atoms with Gasteiger partial charge in [0.1, 0.15) is 0 Å². The second-order valence-electron chi connectivity index (χ2n) is 9.05. The summed E-state index contributed by atoms with van der Waals surface area (Å²) < 4.78 is 3.57. The highest BCUT2D eigenvalue weighted by Gasteiger charge is 2.30. The number of nitrogens with zero attached hydrogens (tertiary/aromatic N) is 6. The Bertz CT molecular complexity index is 1280. The molecule has 1 amide bonds. The molecule has 4 aromatic rings. The van der Waals surface area contributed by atoms with Crippen LogP contribution in [0, 0.1) is 6.92 Å². The molecular formula is C23H25N7O. The van der Waals surface area contributed by atoms with Crippen LogP contribution < -0.4 is 5.32 Å². The fourth-order valence-electron chi connectivity index (χ4n) is 3.85.